The Hall–Kier alpha value is -3.78. The van der Waals surface area contributed by atoms with Crippen molar-refractivity contribution >= 4 is 28.2 Å². The Morgan fingerprint density at radius 3 is 2.54 bits per heavy atom. The summed E-state index contributed by atoms with van der Waals surface area (Å²) in [6.45, 7) is 2.04. The highest BCUT2D eigenvalue weighted by atomic mass is 32.1. The zero-order valence-electron chi connectivity index (χ0n) is 20.8. The summed E-state index contributed by atoms with van der Waals surface area (Å²) in [5, 5.41) is 12.8. The third-order valence-corrected chi connectivity index (χ3v) is 7.61. The summed E-state index contributed by atoms with van der Waals surface area (Å²) in [6, 6.07) is 17.7. The molecule has 37 heavy (non-hydrogen) atoms. The molecule has 5 rings (SSSR count). The zero-order valence-corrected chi connectivity index (χ0v) is 21.6. The lowest BCUT2D eigenvalue weighted by Crippen LogP contribution is -2.24. The Balaban J connectivity index is 1.05. The summed E-state index contributed by atoms with van der Waals surface area (Å²) < 4.78 is 0. The van der Waals surface area contributed by atoms with Crippen molar-refractivity contribution in [3.05, 3.63) is 100 Å². The highest BCUT2D eigenvalue weighted by molar-refractivity contribution is 7.15. The second kappa shape index (κ2) is 11.5. The summed E-state index contributed by atoms with van der Waals surface area (Å²) in [4.78, 5) is 33.5. The van der Waals surface area contributed by atoms with Crippen molar-refractivity contribution in [1.82, 2.24) is 20.2 Å². The van der Waals surface area contributed by atoms with Gasteiger partial charge in [-0.25, -0.2) is 0 Å². The van der Waals surface area contributed by atoms with Crippen LogP contribution in [0.15, 0.2) is 67.0 Å². The normalized spacial score (nSPS) is 16.7. The Morgan fingerprint density at radius 1 is 0.919 bits per heavy atom. The molecule has 1 aliphatic rings. The number of pyridine rings is 2. The van der Waals surface area contributed by atoms with E-state index in [1.54, 1.807) is 6.20 Å². The molecule has 1 saturated carbocycles. The minimum Gasteiger partial charge on any atom is -0.300 e. The summed E-state index contributed by atoms with van der Waals surface area (Å²) in [6.07, 6.45) is 7.58. The van der Waals surface area contributed by atoms with Gasteiger partial charge in [0.25, 0.3) is 0 Å². The Bertz CT molecular complexity index is 1360. The molecule has 0 saturated heterocycles. The second-order valence-electron chi connectivity index (χ2n) is 9.77. The molecule has 4 aromatic rings. The summed E-state index contributed by atoms with van der Waals surface area (Å²) in [5.74, 6) is 0.991. The zero-order chi connectivity index (χ0) is 25.6. The lowest BCUT2D eigenvalue weighted by molar-refractivity contribution is -0.118. The number of benzene rings is 1. The molecule has 0 spiro atoms. The molecule has 1 fully saturated rings. The van der Waals surface area contributed by atoms with E-state index in [1.807, 2.05) is 61.7 Å². The van der Waals surface area contributed by atoms with Gasteiger partial charge < -0.3 is 5.32 Å². The predicted octanol–water partition coefficient (Wildman–Crippen LogP) is 4.91. The van der Waals surface area contributed by atoms with Crippen LogP contribution in [0, 0.1) is 12.8 Å². The molecule has 0 radical (unpaired) electrons. The van der Waals surface area contributed by atoms with E-state index >= 15 is 0 Å². The molecule has 1 N–H and O–H groups in total. The smallest absolute Gasteiger partial charge is 0.232 e. The fourth-order valence-corrected chi connectivity index (χ4v) is 5.59. The van der Waals surface area contributed by atoms with Gasteiger partial charge >= 0.3 is 0 Å². The Kier molecular flexibility index (Phi) is 7.75. The van der Waals surface area contributed by atoms with Crippen LogP contribution in [0.1, 0.15) is 51.8 Å². The number of nitrogens with zero attached hydrogens (tertiary/aromatic N) is 4. The van der Waals surface area contributed by atoms with E-state index < -0.39 is 0 Å². The first-order valence-electron chi connectivity index (χ1n) is 12.5. The molecular weight excluding hydrogens is 482 g/mol. The molecule has 0 unspecified atom stereocenters. The van der Waals surface area contributed by atoms with Gasteiger partial charge in [-0.05, 0) is 61.4 Å². The average molecular weight is 512 g/mol. The first kappa shape index (κ1) is 24.9. The third kappa shape index (κ3) is 6.92. The van der Waals surface area contributed by atoms with Gasteiger partial charge in [0, 0.05) is 42.5 Å². The van der Waals surface area contributed by atoms with Gasteiger partial charge in [0.15, 0.2) is 0 Å². The minimum absolute atomic E-state index is 0.140. The van der Waals surface area contributed by atoms with Gasteiger partial charge in [-0.15, -0.1) is 10.2 Å². The van der Waals surface area contributed by atoms with Gasteiger partial charge in [-0.2, -0.15) is 0 Å². The largest absolute Gasteiger partial charge is 0.300 e. The first-order chi connectivity index (χ1) is 18.0. The van der Waals surface area contributed by atoms with Crippen molar-refractivity contribution < 1.29 is 9.59 Å². The number of amides is 1. The number of anilines is 1. The number of carbonyl (C=O) groups excluding carboxylic acids is 2. The van der Waals surface area contributed by atoms with Crippen LogP contribution in [0.4, 0.5) is 5.13 Å². The van der Waals surface area contributed by atoms with Crippen LogP contribution in [0.25, 0.3) is 0 Å². The number of hydrogen-bond acceptors (Lipinski definition) is 7. The molecule has 8 heteroatoms. The molecule has 1 aliphatic carbocycles. The van der Waals surface area contributed by atoms with E-state index in [4.69, 9.17) is 0 Å². The van der Waals surface area contributed by atoms with Crippen LogP contribution in [-0.2, 0) is 35.3 Å². The van der Waals surface area contributed by atoms with Crippen molar-refractivity contribution in [2.24, 2.45) is 5.92 Å². The van der Waals surface area contributed by atoms with E-state index in [2.05, 4.69) is 31.5 Å². The predicted molar refractivity (Wildman–Crippen MR) is 143 cm³/mol. The molecule has 0 aliphatic heterocycles. The molecule has 0 bridgehead atoms. The van der Waals surface area contributed by atoms with E-state index in [0.29, 0.717) is 29.8 Å². The van der Waals surface area contributed by atoms with E-state index in [-0.39, 0.29) is 18.1 Å². The highest BCUT2D eigenvalue weighted by Crippen LogP contribution is 2.44. The van der Waals surface area contributed by atoms with Crippen molar-refractivity contribution in [3.8, 4) is 0 Å². The standard InChI is InChI=1S/C29H29N5O2S/c1-19-5-4-6-20(11-19)15-26(35)16-21-8-9-25(31-18-21)14-22-12-23(13-22)28-33-34-29(37-28)32-27(36)17-24-7-2-3-10-30-24/h2-11,18,22-23H,12-17H2,1H3,(H,32,34,36). The first-order valence-corrected chi connectivity index (χ1v) is 13.4. The van der Waals surface area contributed by atoms with E-state index in [0.717, 1.165) is 46.8 Å². The molecule has 0 atom stereocenters. The van der Waals surface area contributed by atoms with Crippen molar-refractivity contribution in [1.29, 1.82) is 0 Å². The fraction of sp³-hybridized carbons (Fsp3) is 0.310. The quantitative estimate of drug-likeness (QED) is 0.325. The number of aryl methyl sites for hydroxylation is 1. The lowest BCUT2D eigenvalue weighted by Gasteiger charge is -2.33. The van der Waals surface area contributed by atoms with Crippen molar-refractivity contribution in [2.45, 2.75) is 51.4 Å². The number of nitrogens with one attached hydrogen (secondary N) is 1. The fourth-order valence-electron chi connectivity index (χ4n) is 4.70. The lowest BCUT2D eigenvalue weighted by atomic mass is 9.73. The monoisotopic (exact) mass is 511 g/mol. The van der Waals surface area contributed by atoms with Gasteiger partial charge in [-0.1, -0.05) is 53.3 Å². The maximum absolute atomic E-state index is 12.5. The summed E-state index contributed by atoms with van der Waals surface area (Å²) in [5.41, 5.74) is 4.97. The van der Waals surface area contributed by atoms with Crippen LogP contribution in [0.2, 0.25) is 0 Å². The molecule has 3 heterocycles. The van der Waals surface area contributed by atoms with Gasteiger partial charge in [0.2, 0.25) is 11.0 Å². The van der Waals surface area contributed by atoms with E-state index in [1.165, 1.54) is 16.9 Å². The molecular formula is C29H29N5O2S. The van der Waals surface area contributed by atoms with Crippen LogP contribution in [0.3, 0.4) is 0 Å². The highest BCUT2D eigenvalue weighted by Gasteiger charge is 2.33. The number of Topliss-reactive ketones (excluding diaryl/α,β-unsaturated/α-hetero) is 1. The molecule has 188 valence electrons. The number of aromatic nitrogens is 4. The number of rotatable bonds is 10. The summed E-state index contributed by atoms with van der Waals surface area (Å²) in [7, 11) is 0. The number of hydrogen-bond donors (Lipinski definition) is 1. The topological polar surface area (TPSA) is 97.7 Å². The maximum Gasteiger partial charge on any atom is 0.232 e. The molecule has 1 aromatic carbocycles. The van der Waals surface area contributed by atoms with Crippen LogP contribution in [0.5, 0.6) is 0 Å². The number of ketones is 1. The Labute approximate surface area is 220 Å². The third-order valence-electron chi connectivity index (χ3n) is 6.61. The van der Waals surface area contributed by atoms with Crippen LogP contribution >= 0.6 is 11.3 Å². The van der Waals surface area contributed by atoms with Crippen LogP contribution < -0.4 is 5.32 Å². The second-order valence-corrected chi connectivity index (χ2v) is 10.8. The average Bonchev–Trinajstić information content (AvgIpc) is 3.30. The maximum atomic E-state index is 12.5. The molecule has 7 nitrogen and oxygen atoms in total. The molecule has 3 aromatic heterocycles. The van der Waals surface area contributed by atoms with E-state index in [9.17, 15) is 9.59 Å². The van der Waals surface area contributed by atoms with Gasteiger partial charge in [0.1, 0.15) is 10.8 Å². The van der Waals surface area contributed by atoms with Crippen molar-refractivity contribution in [2.75, 3.05) is 5.32 Å². The summed E-state index contributed by atoms with van der Waals surface area (Å²) >= 11 is 1.45. The SMILES string of the molecule is Cc1cccc(CC(=O)Cc2ccc(CC3CC(c4nnc(NC(=O)Cc5ccccn5)s4)C3)nc2)c1. The van der Waals surface area contributed by atoms with Crippen LogP contribution in [-0.4, -0.2) is 31.9 Å². The minimum atomic E-state index is -0.140. The van der Waals surface area contributed by atoms with Gasteiger partial charge in [0.05, 0.1) is 6.42 Å². The Morgan fingerprint density at radius 2 is 1.78 bits per heavy atom. The molecule has 1 amide bonds. The van der Waals surface area contributed by atoms with Gasteiger partial charge in [-0.3, -0.25) is 19.6 Å². The van der Waals surface area contributed by atoms with Crippen molar-refractivity contribution in [3.63, 3.8) is 0 Å². The number of carbonyl (C=O) groups is 2.